The first-order valence-corrected chi connectivity index (χ1v) is 15.2. The van der Waals surface area contributed by atoms with Crippen molar-refractivity contribution >= 4 is 52.1 Å². The summed E-state index contributed by atoms with van der Waals surface area (Å²) in [5.41, 5.74) is 1.24. The van der Waals surface area contributed by atoms with E-state index in [1.807, 2.05) is 18.7 Å². The van der Waals surface area contributed by atoms with Gasteiger partial charge in [-0.15, -0.1) is 11.3 Å². The number of carbonyl (C=O) groups is 4. The zero-order valence-corrected chi connectivity index (χ0v) is 25.1. The minimum Gasteiger partial charge on any atom is -0.481 e. The third-order valence-corrected chi connectivity index (χ3v) is 8.91. The fraction of sp³-hybridized carbons (Fsp3) is 0.355. The lowest BCUT2D eigenvalue weighted by molar-refractivity contribution is -0.384. The summed E-state index contributed by atoms with van der Waals surface area (Å²) in [5, 5.41) is 28.0. The lowest BCUT2D eigenvalue weighted by Gasteiger charge is -2.46. The number of nitrogens with zero attached hydrogens (tertiary/aromatic N) is 3. The largest absolute Gasteiger partial charge is 0.481 e. The summed E-state index contributed by atoms with van der Waals surface area (Å²) in [7, 11) is 0. The van der Waals surface area contributed by atoms with Crippen molar-refractivity contribution in [3.63, 3.8) is 0 Å². The predicted molar refractivity (Wildman–Crippen MR) is 165 cm³/mol. The molecule has 3 amide bonds. The van der Waals surface area contributed by atoms with Crippen LogP contribution in [-0.2, 0) is 9.59 Å². The van der Waals surface area contributed by atoms with Gasteiger partial charge in [0.15, 0.2) is 0 Å². The molecule has 1 aliphatic carbocycles. The van der Waals surface area contributed by atoms with E-state index in [1.165, 1.54) is 35.6 Å². The second-order valence-corrected chi connectivity index (χ2v) is 12.2. The predicted octanol–water partition coefficient (Wildman–Crippen LogP) is 4.69. The molecule has 3 atom stereocenters. The lowest BCUT2D eigenvalue weighted by Crippen LogP contribution is -2.58. The molecule has 2 aromatic carbocycles. The summed E-state index contributed by atoms with van der Waals surface area (Å²) < 4.78 is 0. The summed E-state index contributed by atoms with van der Waals surface area (Å²) in [4.78, 5) is 66.3. The van der Waals surface area contributed by atoms with Crippen LogP contribution in [0.3, 0.4) is 0 Å². The molecular formula is C31H33N5O7S. The van der Waals surface area contributed by atoms with Gasteiger partial charge in [-0.3, -0.25) is 29.3 Å². The van der Waals surface area contributed by atoms with Gasteiger partial charge >= 0.3 is 5.97 Å². The number of benzene rings is 2. The summed E-state index contributed by atoms with van der Waals surface area (Å²) in [6.45, 7) is 5.00. The molecule has 3 unspecified atom stereocenters. The quantitative estimate of drug-likeness (QED) is 0.217. The van der Waals surface area contributed by atoms with E-state index < -0.39 is 28.7 Å². The van der Waals surface area contributed by atoms with E-state index in [0.29, 0.717) is 29.3 Å². The van der Waals surface area contributed by atoms with Crippen molar-refractivity contribution < 1.29 is 29.2 Å². The highest BCUT2D eigenvalue weighted by atomic mass is 32.1. The molecule has 44 heavy (non-hydrogen) atoms. The summed E-state index contributed by atoms with van der Waals surface area (Å²) >= 11 is 1.34. The number of hydrogen-bond acceptors (Lipinski definition) is 8. The van der Waals surface area contributed by atoms with Gasteiger partial charge in [-0.2, -0.15) is 0 Å². The zero-order valence-electron chi connectivity index (χ0n) is 24.3. The highest BCUT2D eigenvalue weighted by Crippen LogP contribution is 2.36. The SMILES string of the molecule is CC1CN(c2ccc(C(=O)NC(CC(=O)O)c3cccs3)cc2NC(=O)c2ccc([N+](=O)[O-])cc2)C(C)CN1C(=O)C1CC1. The van der Waals surface area contributed by atoms with Gasteiger partial charge in [0, 0.05) is 59.2 Å². The number of anilines is 2. The molecule has 2 heterocycles. The standard InChI is InChI=1S/C31H33N5O7S/c1-18-17-35(31(41)21-5-6-21)19(2)16-34(18)26-12-9-22(30(40)33-25(15-28(37)38)27-4-3-13-44-27)14-24(26)32-29(39)20-7-10-23(11-8-20)36(42)43/h3-4,7-14,18-19,21,25H,5-6,15-17H2,1-2H3,(H,32,39)(H,33,40)(H,37,38). The summed E-state index contributed by atoms with van der Waals surface area (Å²) in [6.07, 6.45) is 1.54. The number of nitro groups is 1. The van der Waals surface area contributed by atoms with E-state index in [9.17, 15) is 34.4 Å². The molecule has 3 aromatic rings. The van der Waals surface area contributed by atoms with Crippen LogP contribution in [0, 0.1) is 16.0 Å². The molecule has 0 radical (unpaired) electrons. The van der Waals surface area contributed by atoms with Gasteiger partial charge in [0.2, 0.25) is 5.91 Å². The maximum atomic E-state index is 13.4. The molecule has 230 valence electrons. The number of amides is 3. The zero-order chi connectivity index (χ0) is 31.5. The van der Waals surface area contributed by atoms with E-state index >= 15 is 0 Å². The Kier molecular flexibility index (Phi) is 8.95. The van der Waals surface area contributed by atoms with Crippen LogP contribution in [-0.4, -0.2) is 63.8 Å². The molecule has 12 nitrogen and oxygen atoms in total. The number of piperazine rings is 1. The van der Waals surface area contributed by atoms with Crippen molar-refractivity contribution in [2.75, 3.05) is 23.3 Å². The van der Waals surface area contributed by atoms with Crippen LogP contribution < -0.4 is 15.5 Å². The van der Waals surface area contributed by atoms with Gasteiger partial charge in [-0.1, -0.05) is 6.07 Å². The topological polar surface area (TPSA) is 162 Å². The van der Waals surface area contributed by atoms with E-state index in [2.05, 4.69) is 15.5 Å². The van der Waals surface area contributed by atoms with Gasteiger partial charge < -0.3 is 25.5 Å². The van der Waals surface area contributed by atoms with Crippen molar-refractivity contribution in [2.45, 2.75) is 51.2 Å². The molecule has 13 heteroatoms. The van der Waals surface area contributed by atoms with Crippen molar-refractivity contribution in [1.29, 1.82) is 0 Å². The number of aliphatic carboxylic acids is 1. The third-order valence-electron chi connectivity index (χ3n) is 7.92. The monoisotopic (exact) mass is 619 g/mol. The molecule has 2 aliphatic rings. The van der Waals surface area contributed by atoms with Gasteiger partial charge in [0.1, 0.15) is 0 Å². The molecule has 1 saturated heterocycles. The normalized spacial score (nSPS) is 18.8. The number of nitrogens with one attached hydrogen (secondary N) is 2. The molecule has 0 spiro atoms. The Labute approximate surface area is 257 Å². The van der Waals surface area contributed by atoms with Crippen molar-refractivity contribution in [3.05, 3.63) is 86.1 Å². The Morgan fingerprint density at radius 3 is 2.32 bits per heavy atom. The number of thiophene rings is 1. The fourth-order valence-corrected chi connectivity index (χ4v) is 6.20. The first-order valence-electron chi connectivity index (χ1n) is 14.3. The van der Waals surface area contributed by atoms with Crippen LogP contribution in [0.15, 0.2) is 60.0 Å². The maximum absolute atomic E-state index is 13.4. The van der Waals surface area contributed by atoms with Crippen LogP contribution in [0.25, 0.3) is 0 Å². The smallest absolute Gasteiger partial charge is 0.305 e. The van der Waals surface area contributed by atoms with Gasteiger partial charge in [-0.05, 0) is 68.5 Å². The molecular weight excluding hydrogens is 586 g/mol. The van der Waals surface area contributed by atoms with E-state index in [1.54, 1.807) is 35.7 Å². The molecule has 1 aliphatic heterocycles. The average Bonchev–Trinajstić information content (AvgIpc) is 3.70. The van der Waals surface area contributed by atoms with E-state index in [-0.39, 0.29) is 47.1 Å². The first-order chi connectivity index (χ1) is 21.0. The molecule has 2 fully saturated rings. The second-order valence-electron chi connectivity index (χ2n) is 11.2. The highest BCUT2D eigenvalue weighted by Gasteiger charge is 2.39. The minimum absolute atomic E-state index is 0.0805. The highest BCUT2D eigenvalue weighted by molar-refractivity contribution is 7.10. The van der Waals surface area contributed by atoms with Crippen molar-refractivity contribution in [1.82, 2.24) is 10.2 Å². The molecule has 3 N–H and O–H groups in total. The van der Waals surface area contributed by atoms with E-state index in [4.69, 9.17) is 0 Å². The van der Waals surface area contributed by atoms with Crippen LogP contribution in [0.4, 0.5) is 17.1 Å². The number of rotatable bonds is 10. The Morgan fingerprint density at radius 1 is 1.00 bits per heavy atom. The maximum Gasteiger partial charge on any atom is 0.305 e. The Hall–Kier alpha value is -4.78. The number of non-ortho nitro benzene ring substituents is 1. The van der Waals surface area contributed by atoms with Gasteiger partial charge in [0.05, 0.1) is 28.8 Å². The number of carboxylic acids is 1. The summed E-state index contributed by atoms with van der Waals surface area (Å²) in [5.74, 6) is -1.82. The Bertz CT molecular complexity index is 1570. The number of hydrogen-bond donors (Lipinski definition) is 3. The minimum atomic E-state index is -1.06. The lowest BCUT2D eigenvalue weighted by atomic mass is 10.0. The van der Waals surface area contributed by atoms with Crippen LogP contribution in [0.2, 0.25) is 0 Å². The Morgan fingerprint density at radius 2 is 1.70 bits per heavy atom. The van der Waals surface area contributed by atoms with Gasteiger partial charge in [0.25, 0.3) is 17.5 Å². The average molecular weight is 620 g/mol. The summed E-state index contributed by atoms with van der Waals surface area (Å²) in [6, 6.07) is 12.7. The second kappa shape index (κ2) is 12.8. The molecule has 1 saturated carbocycles. The van der Waals surface area contributed by atoms with Crippen molar-refractivity contribution in [3.8, 4) is 0 Å². The molecule has 5 rings (SSSR count). The number of carbonyl (C=O) groups excluding carboxylic acids is 3. The van der Waals surface area contributed by atoms with Crippen LogP contribution in [0.5, 0.6) is 0 Å². The fourth-order valence-electron chi connectivity index (χ4n) is 5.42. The van der Waals surface area contributed by atoms with E-state index in [0.717, 1.165) is 12.8 Å². The third kappa shape index (κ3) is 6.88. The number of carboxylic acid groups (broad SMARTS) is 1. The van der Waals surface area contributed by atoms with Gasteiger partial charge in [-0.25, -0.2) is 0 Å². The Balaban J connectivity index is 1.44. The van der Waals surface area contributed by atoms with Crippen LogP contribution >= 0.6 is 11.3 Å². The first kappa shape index (κ1) is 30.7. The van der Waals surface area contributed by atoms with Crippen molar-refractivity contribution in [2.24, 2.45) is 5.92 Å². The number of nitro benzene ring substituents is 1. The molecule has 1 aromatic heterocycles. The van der Waals surface area contributed by atoms with Crippen LogP contribution in [0.1, 0.15) is 64.7 Å². The molecule has 0 bridgehead atoms.